The maximum atomic E-state index is 12.0. The monoisotopic (exact) mass is 338 g/mol. The zero-order valence-electron chi connectivity index (χ0n) is 11.9. The molecule has 0 saturated heterocycles. The molecule has 120 valence electrons. The predicted molar refractivity (Wildman–Crippen MR) is 76.7 cm³/mol. The Labute approximate surface area is 123 Å². The Bertz CT molecular complexity index is 731. The zero-order chi connectivity index (χ0) is 16.4. The van der Waals surface area contributed by atoms with Crippen LogP contribution in [0.2, 0.25) is 0 Å². The third-order valence-electron chi connectivity index (χ3n) is 2.67. The number of carbonyl (C=O) groups is 1. The van der Waals surface area contributed by atoms with Gasteiger partial charge in [0.2, 0.25) is 10.0 Å². The second-order valence-electron chi connectivity index (χ2n) is 4.89. The summed E-state index contributed by atoms with van der Waals surface area (Å²) in [7, 11) is -7.23. The second-order valence-corrected chi connectivity index (χ2v) is 8.92. The van der Waals surface area contributed by atoms with Crippen molar-refractivity contribution < 1.29 is 26.7 Å². The topological polar surface area (TPSA) is 123 Å². The van der Waals surface area contributed by atoms with Crippen LogP contribution < -0.4 is 4.72 Å². The molecule has 0 unspecified atom stereocenters. The van der Waals surface area contributed by atoms with Crippen LogP contribution in [0.15, 0.2) is 17.2 Å². The van der Waals surface area contributed by atoms with E-state index in [4.69, 9.17) is 5.11 Å². The first-order valence-electron chi connectivity index (χ1n) is 6.06. The summed E-state index contributed by atoms with van der Waals surface area (Å²) in [5, 5.41) is 9.06. The minimum absolute atomic E-state index is 0.145. The molecule has 0 saturated carbocycles. The Balaban J connectivity index is 3.04. The van der Waals surface area contributed by atoms with Crippen LogP contribution in [-0.4, -0.2) is 51.0 Å². The molecular weight excluding hydrogens is 320 g/mol. The Kier molecular flexibility index (Phi) is 5.18. The number of carboxylic acids is 1. The molecule has 0 aromatic carbocycles. The van der Waals surface area contributed by atoms with E-state index in [0.717, 1.165) is 12.3 Å². The van der Waals surface area contributed by atoms with Gasteiger partial charge in [-0.3, -0.25) is 0 Å². The van der Waals surface area contributed by atoms with Gasteiger partial charge in [0.25, 0.3) is 0 Å². The molecule has 0 fully saturated rings. The van der Waals surface area contributed by atoms with E-state index in [1.54, 1.807) is 13.8 Å². The van der Waals surface area contributed by atoms with Crippen LogP contribution in [0.25, 0.3) is 0 Å². The lowest BCUT2D eigenvalue weighted by Gasteiger charge is -2.09. The molecule has 1 rings (SSSR count). The standard InChI is InChI=1S/C11H18N2O6S2/c1-8(2)13-7-9(6-10(13)11(14)15)21(18,19)12-4-5-20(3,16)17/h6-8,12H,4-5H2,1-3H3,(H,14,15). The van der Waals surface area contributed by atoms with Crippen molar-refractivity contribution in [2.24, 2.45) is 0 Å². The number of rotatable bonds is 7. The van der Waals surface area contributed by atoms with Gasteiger partial charge in [-0.2, -0.15) is 0 Å². The van der Waals surface area contributed by atoms with Gasteiger partial charge >= 0.3 is 5.97 Å². The van der Waals surface area contributed by atoms with Crippen molar-refractivity contribution in [3.63, 3.8) is 0 Å². The first kappa shape index (κ1) is 17.7. The van der Waals surface area contributed by atoms with E-state index in [1.807, 2.05) is 0 Å². The summed E-state index contributed by atoms with van der Waals surface area (Å²) in [6.07, 6.45) is 2.22. The van der Waals surface area contributed by atoms with Gasteiger partial charge in [-0.05, 0) is 19.9 Å². The fourth-order valence-electron chi connectivity index (χ4n) is 1.64. The third-order valence-corrected chi connectivity index (χ3v) is 5.05. The molecule has 0 atom stereocenters. The van der Waals surface area contributed by atoms with Gasteiger partial charge < -0.3 is 9.67 Å². The van der Waals surface area contributed by atoms with Crippen molar-refractivity contribution in [2.45, 2.75) is 24.8 Å². The number of sulfonamides is 1. The van der Waals surface area contributed by atoms with Crippen LogP contribution in [0.5, 0.6) is 0 Å². The summed E-state index contributed by atoms with van der Waals surface area (Å²) >= 11 is 0. The summed E-state index contributed by atoms with van der Waals surface area (Å²) in [5.41, 5.74) is -0.145. The van der Waals surface area contributed by atoms with Crippen LogP contribution in [0.1, 0.15) is 30.4 Å². The van der Waals surface area contributed by atoms with Gasteiger partial charge in [0, 0.05) is 25.0 Å². The van der Waals surface area contributed by atoms with Crippen LogP contribution in [0.4, 0.5) is 0 Å². The summed E-state index contributed by atoms with van der Waals surface area (Å²) < 4.78 is 49.4. The van der Waals surface area contributed by atoms with Crippen molar-refractivity contribution in [2.75, 3.05) is 18.6 Å². The normalized spacial score (nSPS) is 12.8. The number of carboxylic acid groups (broad SMARTS) is 1. The van der Waals surface area contributed by atoms with E-state index in [9.17, 15) is 21.6 Å². The highest BCUT2D eigenvalue weighted by Crippen LogP contribution is 2.18. The molecule has 0 aliphatic heterocycles. The van der Waals surface area contributed by atoms with E-state index in [1.165, 1.54) is 10.8 Å². The second kappa shape index (κ2) is 6.16. The van der Waals surface area contributed by atoms with Gasteiger partial charge in [-0.15, -0.1) is 0 Å². The van der Waals surface area contributed by atoms with E-state index in [0.29, 0.717) is 0 Å². The zero-order valence-corrected chi connectivity index (χ0v) is 13.5. The van der Waals surface area contributed by atoms with Crippen molar-refractivity contribution in [1.29, 1.82) is 0 Å². The largest absolute Gasteiger partial charge is 0.477 e. The first-order valence-corrected chi connectivity index (χ1v) is 9.61. The predicted octanol–water partition coefficient (Wildman–Crippen LogP) is 0.0901. The highest BCUT2D eigenvalue weighted by Gasteiger charge is 2.22. The fraction of sp³-hybridized carbons (Fsp3) is 0.545. The van der Waals surface area contributed by atoms with Crippen molar-refractivity contribution in [3.05, 3.63) is 18.0 Å². The Morgan fingerprint density at radius 1 is 1.33 bits per heavy atom. The Morgan fingerprint density at radius 2 is 1.90 bits per heavy atom. The smallest absolute Gasteiger partial charge is 0.352 e. The SMILES string of the molecule is CC(C)n1cc(S(=O)(=O)NCCS(C)(=O)=O)cc1C(=O)O. The Hall–Kier alpha value is -1.39. The van der Waals surface area contributed by atoms with Crippen LogP contribution in [0, 0.1) is 0 Å². The van der Waals surface area contributed by atoms with Crippen LogP contribution in [-0.2, 0) is 19.9 Å². The fourth-order valence-corrected chi connectivity index (χ4v) is 3.30. The van der Waals surface area contributed by atoms with Crippen LogP contribution in [0.3, 0.4) is 0 Å². The lowest BCUT2D eigenvalue weighted by molar-refractivity contribution is 0.0683. The number of aromatic carboxylic acids is 1. The lowest BCUT2D eigenvalue weighted by atomic mass is 10.3. The van der Waals surface area contributed by atoms with E-state index in [-0.39, 0.29) is 28.9 Å². The van der Waals surface area contributed by atoms with Crippen molar-refractivity contribution >= 4 is 25.8 Å². The Morgan fingerprint density at radius 3 is 2.29 bits per heavy atom. The van der Waals surface area contributed by atoms with Gasteiger partial charge in [-0.25, -0.2) is 26.4 Å². The van der Waals surface area contributed by atoms with Gasteiger partial charge in [0.15, 0.2) is 0 Å². The molecule has 1 aromatic heterocycles. The molecule has 0 spiro atoms. The lowest BCUT2D eigenvalue weighted by Crippen LogP contribution is -2.28. The van der Waals surface area contributed by atoms with E-state index < -0.39 is 25.8 Å². The molecule has 10 heteroatoms. The average Bonchev–Trinajstić information content (AvgIpc) is 2.71. The highest BCUT2D eigenvalue weighted by molar-refractivity contribution is 7.91. The maximum Gasteiger partial charge on any atom is 0.352 e. The summed E-state index contributed by atoms with van der Waals surface area (Å²) in [4.78, 5) is 10.9. The molecule has 1 aromatic rings. The molecule has 0 aliphatic carbocycles. The van der Waals surface area contributed by atoms with Gasteiger partial charge in [0.05, 0.1) is 5.75 Å². The van der Waals surface area contributed by atoms with E-state index in [2.05, 4.69) is 4.72 Å². The number of hydrogen-bond donors (Lipinski definition) is 2. The van der Waals surface area contributed by atoms with Gasteiger partial charge in [0.1, 0.15) is 20.4 Å². The van der Waals surface area contributed by atoms with Gasteiger partial charge in [-0.1, -0.05) is 0 Å². The molecule has 0 bridgehead atoms. The molecule has 1 heterocycles. The van der Waals surface area contributed by atoms with Crippen molar-refractivity contribution in [3.8, 4) is 0 Å². The number of nitrogens with one attached hydrogen (secondary N) is 1. The number of sulfone groups is 1. The van der Waals surface area contributed by atoms with Crippen LogP contribution >= 0.6 is 0 Å². The third kappa shape index (κ3) is 4.83. The molecule has 0 radical (unpaired) electrons. The average molecular weight is 338 g/mol. The summed E-state index contributed by atoms with van der Waals surface area (Å²) in [6, 6.07) is 0.821. The molecule has 21 heavy (non-hydrogen) atoms. The molecule has 0 amide bonds. The number of hydrogen-bond acceptors (Lipinski definition) is 5. The highest BCUT2D eigenvalue weighted by atomic mass is 32.2. The minimum atomic E-state index is -3.95. The van der Waals surface area contributed by atoms with Crippen molar-refractivity contribution in [1.82, 2.24) is 9.29 Å². The molecular formula is C11H18N2O6S2. The number of nitrogens with zero attached hydrogens (tertiary/aromatic N) is 1. The minimum Gasteiger partial charge on any atom is -0.477 e. The quantitative estimate of drug-likeness (QED) is 0.726. The summed E-state index contributed by atoms with van der Waals surface area (Å²) in [5.74, 6) is -1.57. The summed E-state index contributed by atoms with van der Waals surface area (Å²) in [6.45, 7) is 3.18. The molecule has 2 N–H and O–H groups in total. The maximum absolute atomic E-state index is 12.0. The molecule has 0 aliphatic rings. The van der Waals surface area contributed by atoms with E-state index >= 15 is 0 Å². The number of aromatic nitrogens is 1. The first-order chi connectivity index (χ1) is 9.44. The molecule has 8 nitrogen and oxygen atoms in total.